The van der Waals surface area contributed by atoms with Gasteiger partial charge in [0.05, 0.1) is 5.69 Å². The van der Waals surface area contributed by atoms with Crippen LogP contribution in [-0.4, -0.2) is 10.9 Å². The third-order valence-electron chi connectivity index (χ3n) is 2.84. The maximum atomic E-state index is 13.6. The van der Waals surface area contributed by atoms with Gasteiger partial charge in [-0.15, -0.1) is 0 Å². The van der Waals surface area contributed by atoms with Gasteiger partial charge in [-0.1, -0.05) is 37.0 Å². The van der Waals surface area contributed by atoms with Crippen molar-refractivity contribution in [2.24, 2.45) is 0 Å². The van der Waals surface area contributed by atoms with Crippen molar-refractivity contribution in [3.8, 4) is 0 Å². The minimum absolute atomic E-state index is 0.0199. The fourth-order valence-electron chi connectivity index (χ4n) is 1.73. The molecule has 0 radical (unpaired) electrons. The molecule has 1 aromatic heterocycles. The lowest BCUT2D eigenvalue weighted by atomic mass is 10.1. The first kappa shape index (κ1) is 15.7. The second-order valence-corrected chi connectivity index (χ2v) is 5.66. The molecule has 0 unspecified atom stereocenters. The van der Waals surface area contributed by atoms with E-state index in [2.05, 4.69) is 10.3 Å². The molecule has 21 heavy (non-hydrogen) atoms. The number of pyridine rings is 1. The predicted octanol–water partition coefficient (Wildman–Crippen LogP) is 4.90. The van der Waals surface area contributed by atoms with E-state index in [1.807, 2.05) is 13.8 Å². The maximum Gasteiger partial charge on any atom is 0.255 e. The van der Waals surface area contributed by atoms with Gasteiger partial charge in [0.25, 0.3) is 5.91 Å². The predicted molar refractivity (Wildman–Crippen MR) is 82.7 cm³/mol. The van der Waals surface area contributed by atoms with Gasteiger partial charge in [0.1, 0.15) is 11.0 Å². The Morgan fingerprint density at radius 2 is 1.95 bits per heavy atom. The number of benzene rings is 1. The Labute approximate surface area is 132 Å². The molecular weight excluding hydrogens is 314 g/mol. The van der Waals surface area contributed by atoms with Crippen LogP contribution in [-0.2, 0) is 0 Å². The van der Waals surface area contributed by atoms with Crippen molar-refractivity contribution in [3.63, 3.8) is 0 Å². The van der Waals surface area contributed by atoms with Crippen LogP contribution >= 0.6 is 23.2 Å². The Hall–Kier alpha value is -1.65. The first-order chi connectivity index (χ1) is 9.86. The number of rotatable bonds is 3. The molecule has 0 aliphatic carbocycles. The molecule has 0 spiro atoms. The van der Waals surface area contributed by atoms with Crippen molar-refractivity contribution < 1.29 is 9.18 Å². The number of aromatic nitrogens is 1. The van der Waals surface area contributed by atoms with Crippen molar-refractivity contribution >= 4 is 34.8 Å². The van der Waals surface area contributed by atoms with E-state index in [9.17, 15) is 9.18 Å². The zero-order valence-corrected chi connectivity index (χ0v) is 13.0. The summed E-state index contributed by atoms with van der Waals surface area (Å²) in [4.78, 5) is 16.3. The number of nitrogens with zero attached hydrogens (tertiary/aromatic N) is 1. The molecule has 2 rings (SSSR count). The standard InChI is InChI=1S/C15H13Cl2FN2O/c1-8(2)12-5-9(6-14(17)19-12)15(21)20-13-7-10(16)3-4-11(13)18/h3-8H,1-2H3,(H,20,21). The highest BCUT2D eigenvalue weighted by molar-refractivity contribution is 6.31. The summed E-state index contributed by atoms with van der Waals surface area (Å²) in [5.74, 6) is -0.905. The number of hydrogen-bond acceptors (Lipinski definition) is 2. The molecule has 0 bridgehead atoms. The maximum absolute atomic E-state index is 13.6. The molecule has 1 heterocycles. The third-order valence-corrected chi connectivity index (χ3v) is 3.27. The fraction of sp³-hybridized carbons (Fsp3) is 0.200. The molecule has 0 aliphatic heterocycles. The summed E-state index contributed by atoms with van der Waals surface area (Å²) in [6.07, 6.45) is 0. The van der Waals surface area contributed by atoms with Gasteiger partial charge in [-0.05, 0) is 36.2 Å². The summed E-state index contributed by atoms with van der Waals surface area (Å²) >= 11 is 11.7. The summed E-state index contributed by atoms with van der Waals surface area (Å²) in [5.41, 5.74) is 1.03. The van der Waals surface area contributed by atoms with Crippen LogP contribution in [0, 0.1) is 5.82 Å². The Balaban J connectivity index is 2.30. The molecule has 110 valence electrons. The number of carbonyl (C=O) groups is 1. The molecule has 0 fully saturated rings. The Morgan fingerprint density at radius 1 is 1.24 bits per heavy atom. The number of hydrogen-bond donors (Lipinski definition) is 1. The third kappa shape index (κ3) is 3.93. The van der Waals surface area contributed by atoms with Gasteiger partial charge < -0.3 is 5.32 Å². The van der Waals surface area contributed by atoms with E-state index in [4.69, 9.17) is 23.2 Å². The second kappa shape index (κ2) is 6.41. The minimum atomic E-state index is -0.558. The van der Waals surface area contributed by atoms with Gasteiger partial charge >= 0.3 is 0 Å². The Bertz CT molecular complexity index is 689. The summed E-state index contributed by atoms with van der Waals surface area (Å²) in [5, 5.41) is 3.03. The topological polar surface area (TPSA) is 42.0 Å². The molecule has 0 aliphatic rings. The molecule has 1 N–H and O–H groups in total. The van der Waals surface area contributed by atoms with E-state index < -0.39 is 11.7 Å². The van der Waals surface area contributed by atoms with Gasteiger partial charge in [-0.25, -0.2) is 9.37 Å². The van der Waals surface area contributed by atoms with E-state index in [1.54, 1.807) is 6.07 Å². The molecule has 3 nitrogen and oxygen atoms in total. The summed E-state index contributed by atoms with van der Waals surface area (Å²) in [6.45, 7) is 3.88. The van der Waals surface area contributed by atoms with Crippen LogP contribution < -0.4 is 5.32 Å². The van der Waals surface area contributed by atoms with Crippen LogP contribution in [0.4, 0.5) is 10.1 Å². The van der Waals surface area contributed by atoms with Crippen molar-refractivity contribution in [1.82, 2.24) is 4.98 Å². The quantitative estimate of drug-likeness (QED) is 0.815. The lowest BCUT2D eigenvalue weighted by molar-refractivity contribution is 0.102. The van der Waals surface area contributed by atoms with E-state index in [-0.39, 0.29) is 16.8 Å². The van der Waals surface area contributed by atoms with Crippen LogP contribution in [0.15, 0.2) is 30.3 Å². The van der Waals surface area contributed by atoms with E-state index in [0.29, 0.717) is 16.3 Å². The molecule has 0 atom stereocenters. The highest BCUT2D eigenvalue weighted by Crippen LogP contribution is 2.22. The van der Waals surface area contributed by atoms with Gasteiger partial charge in [0.15, 0.2) is 0 Å². The lowest BCUT2D eigenvalue weighted by Gasteiger charge is -2.10. The average Bonchev–Trinajstić information content (AvgIpc) is 2.42. The smallest absolute Gasteiger partial charge is 0.255 e. The van der Waals surface area contributed by atoms with Gasteiger partial charge in [0, 0.05) is 16.3 Å². The van der Waals surface area contributed by atoms with E-state index in [1.165, 1.54) is 24.3 Å². The van der Waals surface area contributed by atoms with Gasteiger partial charge in [0.2, 0.25) is 0 Å². The SMILES string of the molecule is CC(C)c1cc(C(=O)Nc2cc(Cl)ccc2F)cc(Cl)n1. The molecule has 1 amide bonds. The molecule has 2 aromatic rings. The molecule has 6 heteroatoms. The van der Waals surface area contributed by atoms with Crippen LogP contribution in [0.1, 0.15) is 35.8 Å². The number of amides is 1. The summed E-state index contributed by atoms with van der Waals surface area (Å²) in [6, 6.07) is 7.02. The summed E-state index contributed by atoms with van der Waals surface area (Å²) < 4.78 is 13.6. The van der Waals surface area contributed by atoms with Crippen molar-refractivity contribution in [3.05, 3.63) is 57.6 Å². The molecular formula is C15H13Cl2FN2O. The van der Waals surface area contributed by atoms with Gasteiger partial charge in [-0.3, -0.25) is 4.79 Å². The van der Waals surface area contributed by atoms with Crippen molar-refractivity contribution in [2.45, 2.75) is 19.8 Å². The van der Waals surface area contributed by atoms with Crippen LogP contribution in [0.25, 0.3) is 0 Å². The van der Waals surface area contributed by atoms with Crippen LogP contribution in [0.5, 0.6) is 0 Å². The lowest BCUT2D eigenvalue weighted by Crippen LogP contribution is -2.14. The van der Waals surface area contributed by atoms with Crippen molar-refractivity contribution in [1.29, 1.82) is 0 Å². The van der Waals surface area contributed by atoms with E-state index >= 15 is 0 Å². The Kier molecular flexibility index (Phi) is 4.80. The fourth-order valence-corrected chi connectivity index (χ4v) is 2.12. The van der Waals surface area contributed by atoms with Crippen molar-refractivity contribution in [2.75, 3.05) is 5.32 Å². The summed E-state index contributed by atoms with van der Waals surface area (Å²) in [7, 11) is 0. The highest BCUT2D eigenvalue weighted by Gasteiger charge is 2.13. The average molecular weight is 327 g/mol. The zero-order chi connectivity index (χ0) is 15.6. The normalized spacial score (nSPS) is 10.8. The molecule has 0 saturated heterocycles. The minimum Gasteiger partial charge on any atom is -0.319 e. The second-order valence-electron chi connectivity index (χ2n) is 4.84. The Morgan fingerprint density at radius 3 is 2.62 bits per heavy atom. The number of nitrogens with one attached hydrogen (secondary N) is 1. The van der Waals surface area contributed by atoms with Gasteiger partial charge in [-0.2, -0.15) is 0 Å². The number of halogens is 3. The molecule has 0 saturated carbocycles. The van der Waals surface area contributed by atoms with Crippen LogP contribution in [0.3, 0.4) is 0 Å². The first-order valence-corrected chi connectivity index (χ1v) is 7.06. The zero-order valence-electron chi connectivity index (χ0n) is 11.5. The largest absolute Gasteiger partial charge is 0.319 e. The van der Waals surface area contributed by atoms with E-state index in [0.717, 1.165) is 0 Å². The number of anilines is 1. The molecule has 1 aromatic carbocycles. The monoisotopic (exact) mass is 326 g/mol. The number of carbonyl (C=O) groups excluding carboxylic acids is 1. The first-order valence-electron chi connectivity index (χ1n) is 6.30. The van der Waals surface area contributed by atoms with Crippen LogP contribution in [0.2, 0.25) is 10.2 Å². The highest BCUT2D eigenvalue weighted by atomic mass is 35.5.